The van der Waals surface area contributed by atoms with Crippen molar-refractivity contribution in [3.8, 4) is 0 Å². The molecule has 0 saturated carbocycles. The van der Waals surface area contributed by atoms with Crippen molar-refractivity contribution < 1.29 is 37.0 Å². The number of hydrogen-bond donors (Lipinski definition) is 2. The SMILES string of the molecule is Cc1[nH]c(C(=O)OCC(=O)Nc2ccccc2C(F)(F)F)c(C)c1C(=O)OC(C)C. The molecule has 0 unspecified atom stereocenters. The van der Waals surface area contributed by atoms with Crippen LogP contribution < -0.4 is 5.32 Å². The van der Waals surface area contributed by atoms with Gasteiger partial charge in [-0.15, -0.1) is 0 Å². The number of halogens is 3. The van der Waals surface area contributed by atoms with Crippen LogP contribution in [0, 0.1) is 13.8 Å². The van der Waals surface area contributed by atoms with E-state index in [0.717, 1.165) is 12.1 Å². The summed E-state index contributed by atoms with van der Waals surface area (Å²) < 4.78 is 49.0. The lowest BCUT2D eigenvalue weighted by molar-refractivity contribution is -0.137. The number of carbonyl (C=O) groups is 3. The fraction of sp³-hybridized carbons (Fsp3) is 0.350. The molecule has 30 heavy (non-hydrogen) atoms. The standard InChI is InChI=1S/C20H21F3N2O5/c1-10(2)30-18(27)16-11(3)17(24-12(16)4)19(28)29-9-15(26)25-14-8-6-5-7-13(14)20(21,22)23/h5-8,10,24H,9H2,1-4H3,(H,25,26). The zero-order chi connectivity index (χ0) is 22.6. The van der Waals surface area contributed by atoms with Gasteiger partial charge in [0.05, 0.1) is 22.9 Å². The van der Waals surface area contributed by atoms with E-state index in [9.17, 15) is 27.6 Å². The van der Waals surface area contributed by atoms with Crippen molar-refractivity contribution in [1.82, 2.24) is 4.98 Å². The maximum atomic E-state index is 13.0. The first-order valence-electron chi connectivity index (χ1n) is 8.95. The van der Waals surface area contributed by atoms with Gasteiger partial charge < -0.3 is 19.8 Å². The number of nitrogens with one attached hydrogen (secondary N) is 2. The molecule has 1 amide bonds. The highest BCUT2D eigenvalue weighted by Crippen LogP contribution is 2.34. The quantitative estimate of drug-likeness (QED) is 0.681. The molecule has 0 fully saturated rings. The van der Waals surface area contributed by atoms with Crippen LogP contribution >= 0.6 is 0 Å². The van der Waals surface area contributed by atoms with Gasteiger partial charge in [0.1, 0.15) is 5.69 Å². The van der Waals surface area contributed by atoms with E-state index < -0.39 is 41.9 Å². The Labute approximate surface area is 170 Å². The van der Waals surface area contributed by atoms with Crippen molar-refractivity contribution in [2.24, 2.45) is 0 Å². The zero-order valence-corrected chi connectivity index (χ0v) is 16.8. The maximum absolute atomic E-state index is 13.0. The molecule has 162 valence electrons. The van der Waals surface area contributed by atoms with Gasteiger partial charge in [0.15, 0.2) is 6.61 Å². The van der Waals surface area contributed by atoms with Crippen LogP contribution in [0.1, 0.15) is 51.5 Å². The molecule has 0 aliphatic carbocycles. The predicted octanol–water partition coefficient (Wildman–Crippen LogP) is 4.01. The van der Waals surface area contributed by atoms with Crippen LogP contribution in [0.15, 0.2) is 24.3 Å². The molecular formula is C20H21F3N2O5. The number of aryl methyl sites for hydroxylation is 1. The van der Waals surface area contributed by atoms with Gasteiger partial charge >= 0.3 is 18.1 Å². The molecule has 2 aromatic rings. The van der Waals surface area contributed by atoms with Gasteiger partial charge in [-0.3, -0.25) is 4.79 Å². The molecule has 10 heteroatoms. The van der Waals surface area contributed by atoms with E-state index in [2.05, 4.69) is 10.3 Å². The predicted molar refractivity (Wildman–Crippen MR) is 101 cm³/mol. The molecule has 7 nitrogen and oxygen atoms in total. The minimum atomic E-state index is -4.65. The summed E-state index contributed by atoms with van der Waals surface area (Å²) in [6.45, 7) is 5.63. The van der Waals surface area contributed by atoms with Gasteiger partial charge in [-0.2, -0.15) is 13.2 Å². The highest BCUT2D eigenvalue weighted by atomic mass is 19.4. The maximum Gasteiger partial charge on any atom is 0.418 e. The van der Waals surface area contributed by atoms with E-state index in [0.29, 0.717) is 5.69 Å². The minimum absolute atomic E-state index is 0.0494. The minimum Gasteiger partial charge on any atom is -0.459 e. The smallest absolute Gasteiger partial charge is 0.418 e. The Morgan fingerprint density at radius 2 is 1.73 bits per heavy atom. The van der Waals surface area contributed by atoms with Gasteiger partial charge in [0.25, 0.3) is 5.91 Å². The molecule has 0 aliphatic heterocycles. The monoisotopic (exact) mass is 426 g/mol. The number of aromatic nitrogens is 1. The molecule has 0 saturated heterocycles. The fourth-order valence-corrected chi connectivity index (χ4v) is 2.76. The van der Waals surface area contributed by atoms with E-state index >= 15 is 0 Å². The topological polar surface area (TPSA) is 97.5 Å². The fourth-order valence-electron chi connectivity index (χ4n) is 2.76. The first-order valence-corrected chi connectivity index (χ1v) is 8.95. The van der Waals surface area contributed by atoms with Crippen LogP contribution in [0.2, 0.25) is 0 Å². The first kappa shape index (κ1) is 23.0. The van der Waals surface area contributed by atoms with Crippen LogP contribution in [0.25, 0.3) is 0 Å². The molecule has 0 atom stereocenters. The Balaban J connectivity index is 2.07. The first-order chi connectivity index (χ1) is 13.9. The molecule has 1 aromatic heterocycles. The number of para-hydroxylation sites is 1. The van der Waals surface area contributed by atoms with E-state index in [4.69, 9.17) is 9.47 Å². The van der Waals surface area contributed by atoms with E-state index in [1.54, 1.807) is 20.8 Å². The van der Waals surface area contributed by atoms with Gasteiger partial charge in [0.2, 0.25) is 0 Å². The second-order valence-electron chi connectivity index (χ2n) is 6.75. The normalized spacial score (nSPS) is 11.3. The molecule has 0 aliphatic rings. The van der Waals surface area contributed by atoms with E-state index in [1.165, 1.54) is 19.1 Å². The van der Waals surface area contributed by atoms with Crippen LogP contribution in [-0.4, -0.2) is 35.5 Å². The largest absolute Gasteiger partial charge is 0.459 e. The van der Waals surface area contributed by atoms with E-state index in [1.807, 2.05) is 0 Å². The average molecular weight is 426 g/mol. The third kappa shape index (κ3) is 5.40. The van der Waals surface area contributed by atoms with Gasteiger partial charge in [-0.25, -0.2) is 9.59 Å². The summed E-state index contributed by atoms with van der Waals surface area (Å²) in [4.78, 5) is 39.1. The van der Waals surface area contributed by atoms with Crippen molar-refractivity contribution in [1.29, 1.82) is 0 Å². The molecular weight excluding hydrogens is 405 g/mol. The van der Waals surface area contributed by atoms with Gasteiger partial charge in [-0.05, 0) is 45.4 Å². The number of hydrogen-bond acceptors (Lipinski definition) is 5. The summed E-state index contributed by atoms with van der Waals surface area (Å²) in [7, 11) is 0. The number of anilines is 1. The lowest BCUT2D eigenvalue weighted by Gasteiger charge is -2.13. The molecule has 1 aromatic carbocycles. The number of alkyl halides is 3. The zero-order valence-electron chi connectivity index (χ0n) is 16.8. The van der Waals surface area contributed by atoms with Crippen LogP contribution in [0.5, 0.6) is 0 Å². The number of aromatic amines is 1. The summed E-state index contributed by atoms with van der Waals surface area (Å²) in [6, 6.07) is 4.44. The van der Waals surface area contributed by atoms with Crippen molar-refractivity contribution in [2.75, 3.05) is 11.9 Å². The van der Waals surface area contributed by atoms with Crippen molar-refractivity contribution >= 4 is 23.5 Å². The lowest BCUT2D eigenvalue weighted by Crippen LogP contribution is -2.23. The van der Waals surface area contributed by atoms with Crippen LogP contribution in [0.3, 0.4) is 0 Å². The number of H-pyrrole nitrogens is 1. The van der Waals surface area contributed by atoms with Gasteiger partial charge in [0, 0.05) is 5.69 Å². The Kier molecular flexibility index (Phi) is 6.91. The van der Waals surface area contributed by atoms with Gasteiger partial charge in [-0.1, -0.05) is 12.1 Å². The second-order valence-corrected chi connectivity index (χ2v) is 6.75. The molecule has 0 radical (unpaired) electrons. The number of esters is 2. The number of amides is 1. The summed E-state index contributed by atoms with van der Waals surface area (Å²) in [5, 5.41) is 2.07. The molecule has 2 rings (SSSR count). The number of rotatable bonds is 6. The molecule has 0 spiro atoms. The van der Waals surface area contributed by atoms with Crippen molar-refractivity contribution in [2.45, 2.75) is 40.0 Å². The van der Waals surface area contributed by atoms with Crippen LogP contribution in [-0.2, 0) is 20.4 Å². The Hall–Kier alpha value is -3.30. The Morgan fingerprint density at radius 3 is 2.33 bits per heavy atom. The molecule has 0 bridgehead atoms. The molecule has 2 N–H and O–H groups in total. The second kappa shape index (κ2) is 9.02. The Morgan fingerprint density at radius 1 is 1.10 bits per heavy atom. The third-order valence-corrected chi connectivity index (χ3v) is 4.03. The summed E-state index contributed by atoms with van der Waals surface area (Å²) in [5.41, 5.74) is -0.670. The third-order valence-electron chi connectivity index (χ3n) is 4.03. The Bertz CT molecular complexity index is 964. The number of ether oxygens (including phenoxy) is 2. The van der Waals surface area contributed by atoms with E-state index in [-0.39, 0.29) is 22.9 Å². The number of benzene rings is 1. The average Bonchev–Trinajstić information content (AvgIpc) is 2.93. The molecule has 1 heterocycles. The van der Waals surface area contributed by atoms with Crippen LogP contribution in [0.4, 0.5) is 18.9 Å². The summed E-state index contributed by atoms with van der Waals surface area (Å²) in [5.74, 6) is -2.49. The highest BCUT2D eigenvalue weighted by molar-refractivity contribution is 6.00. The lowest BCUT2D eigenvalue weighted by atomic mass is 10.1. The highest BCUT2D eigenvalue weighted by Gasteiger charge is 2.33. The van der Waals surface area contributed by atoms with Crippen molar-refractivity contribution in [3.05, 3.63) is 52.3 Å². The van der Waals surface area contributed by atoms with Crippen molar-refractivity contribution in [3.63, 3.8) is 0 Å². The number of carbonyl (C=O) groups excluding carboxylic acids is 3. The summed E-state index contributed by atoms with van der Waals surface area (Å²) in [6.07, 6.45) is -5.01. The summed E-state index contributed by atoms with van der Waals surface area (Å²) >= 11 is 0.